The Kier molecular flexibility index (Phi) is 5.23. The molecule has 1 N–H and O–H groups in total. The van der Waals surface area contributed by atoms with Crippen LogP contribution in [0.25, 0.3) is 6.08 Å². The zero-order chi connectivity index (χ0) is 16.8. The van der Waals surface area contributed by atoms with Crippen molar-refractivity contribution in [1.82, 2.24) is 0 Å². The summed E-state index contributed by atoms with van der Waals surface area (Å²) in [5.74, 6) is -0.518. The molecule has 1 aliphatic rings. The fourth-order valence-corrected chi connectivity index (χ4v) is 2.51. The number of halogens is 1. The number of carbonyl (C=O) groups excluding carboxylic acids is 1. The van der Waals surface area contributed by atoms with Gasteiger partial charge in [0.05, 0.1) is 13.2 Å². The van der Waals surface area contributed by atoms with E-state index in [9.17, 15) is 9.18 Å². The molecule has 0 radical (unpaired) electrons. The number of nitrogens with one attached hydrogen (secondary N) is 1. The molecule has 5 heteroatoms. The van der Waals surface area contributed by atoms with Gasteiger partial charge in [0.25, 0.3) is 0 Å². The number of carbonyl (C=O) groups is 1. The molecule has 1 fully saturated rings. The van der Waals surface area contributed by atoms with Crippen LogP contribution in [0.3, 0.4) is 0 Å². The standard InChI is InChI=1S/C19H19FN2O2/c20-16-4-1-15(2-5-16)3-10-19(23)21-17-6-8-18(9-7-17)22-11-13-24-14-12-22/h1-10H,11-14H2,(H,21,23)/b10-3+. The number of ether oxygens (including phenoxy) is 1. The Labute approximate surface area is 140 Å². The van der Waals surface area contributed by atoms with E-state index in [1.165, 1.54) is 18.2 Å². The fourth-order valence-electron chi connectivity index (χ4n) is 2.51. The smallest absolute Gasteiger partial charge is 0.248 e. The van der Waals surface area contributed by atoms with E-state index in [0.717, 1.165) is 43.2 Å². The van der Waals surface area contributed by atoms with Crippen LogP contribution in [0.1, 0.15) is 5.56 Å². The van der Waals surface area contributed by atoms with Gasteiger partial charge in [-0.1, -0.05) is 12.1 Å². The van der Waals surface area contributed by atoms with Crippen LogP contribution in [-0.4, -0.2) is 32.2 Å². The SMILES string of the molecule is O=C(/C=C/c1ccc(F)cc1)Nc1ccc(N2CCOCC2)cc1. The summed E-state index contributed by atoms with van der Waals surface area (Å²) in [5, 5.41) is 2.81. The lowest BCUT2D eigenvalue weighted by Gasteiger charge is -2.28. The molecule has 1 amide bonds. The lowest BCUT2D eigenvalue weighted by Crippen LogP contribution is -2.36. The minimum atomic E-state index is -0.294. The number of morpholine rings is 1. The molecule has 2 aromatic carbocycles. The van der Waals surface area contributed by atoms with Gasteiger partial charge in [0.15, 0.2) is 0 Å². The van der Waals surface area contributed by atoms with Crippen molar-refractivity contribution in [2.24, 2.45) is 0 Å². The second-order valence-corrected chi connectivity index (χ2v) is 5.52. The molecule has 0 aromatic heterocycles. The summed E-state index contributed by atoms with van der Waals surface area (Å²) in [6.07, 6.45) is 3.08. The van der Waals surface area contributed by atoms with Crippen molar-refractivity contribution in [3.8, 4) is 0 Å². The number of hydrogen-bond donors (Lipinski definition) is 1. The first-order chi connectivity index (χ1) is 11.7. The molecule has 0 unspecified atom stereocenters. The molecule has 1 saturated heterocycles. The van der Waals surface area contributed by atoms with Crippen LogP contribution in [0.2, 0.25) is 0 Å². The van der Waals surface area contributed by atoms with Gasteiger partial charge in [-0.3, -0.25) is 4.79 Å². The third-order valence-corrected chi connectivity index (χ3v) is 3.81. The molecule has 0 atom stereocenters. The van der Waals surface area contributed by atoms with E-state index < -0.39 is 0 Å². The Morgan fingerprint density at radius 2 is 1.71 bits per heavy atom. The van der Waals surface area contributed by atoms with Gasteiger partial charge in [0.2, 0.25) is 5.91 Å². The Balaban J connectivity index is 1.57. The van der Waals surface area contributed by atoms with Gasteiger partial charge in [0, 0.05) is 30.5 Å². The maximum absolute atomic E-state index is 12.8. The first-order valence-corrected chi connectivity index (χ1v) is 7.88. The van der Waals surface area contributed by atoms with Crippen LogP contribution >= 0.6 is 0 Å². The molecular formula is C19H19FN2O2. The van der Waals surface area contributed by atoms with Gasteiger partial charge < -0.3 is 15.0 Å². The first kappa shape index (κ1) is 16.2. The predicted octanol–water partition coefficient (Wildman–Crippen LogP) is 3.31. The van der Waals surface area contributed by atoms with Crippen molar-refractivity contribution >= 4 is 23.4 Å². The highest BCUT2D eigenvalue weighted by atomic mass is 19.1. The quantitative estimate of drug-likeness (QED) is 0.877. The molecule has 1 heterocycles. The fraction of sp³-hybridized carbons (Fsp3) is 0.211. The van der Waals surface area contributed by atoms with Gasteiger partial charge in [-0.05, 0) is 48.0 Å². The van der Waals surface area contributed by atoms with E-state index in [2.05, 4.69) is 10.2 Å². The lowest BCUT2D eigenvalue weighted by molar-refractivity contribution is -0.111. The highest BCUT2D eigenvalue weighted by Gasteiger charge is 2.10. The largest absolute Gasteiger partial charge is 0.378 e. The number of nitrogens with zero attached hydrogens (tertiary/aromatic N) is 1. The summed E-state index contributed by atoms with van der Waals surface area (Å²) in [6.45, 7) is 3.25. The summed E-state index contributed by atoms with van der Waals surface area (Å²) < 4.78 is 18.2. The maximum atomic E-state index is 12.8. The number of benzene rings is 2. The average molecular weight is 326 g/mol. The Morgan fingerprint density at radius 1 is 1.04 bits per heavy atom. The Hall–Kier alpha value is -2.66. The Bertz CT molecular complexity index is 705. The summed E-state index contributed by atoms with van der Waals surface area (Å²) in [5.41, 5.74) is 2.63. The second-order valence-electron chi connectivity index (χ2n) is 5.52. The van der Waals surface area contributed by atoms with Crippen LogP contribution in [0, 0.1) is 5.82 Å². The third-order valence-electron chi connectivity index (χ3n) is 3.81. The van der Waals surface area contributed by atoms with Crippen molar-refractivity contribution in [2.75, 3.05) is 36.5 Å². The zero-order valence-electron chi connectivity index (χ0n) is 13.2. The summed E-state index contributed by atoms with van der Waals surface area (Å²) >= 11 is 0. The van der Waals surface area contributed by atoms with E-state index >= 15 is 0 Å². The van der Waals surface area contributed by atoms with Gasteiger partial charge in [0.1, 0.15) is 5.82 Å². The molecule has 24 heavy (non-hydrogen) atoms. The monoisotopic (exact) mass is 326 g/mol. The van der Waals surface area contributed by atoms with E-state index in [1.54, 1.807) is 18.2 Å². The normalized spacial score (nSPS) is 14.8. The molecule has 0 aliphatic carbocycles. The highest BCUT2D eigenvalue weighted by Crippen LogP contribution is 2.19. The van der Waals surface area contributed by atoms with Crippen LogP contribution in [0.5, 0.6) is 0 Å². The van der Waals surface area contributed by atoms with Crippen molar-refractivity contribution in [3.63, 3.8) is 0 Å². The predicted molar refractivity (Wildman–Crippen MR) is 93.5 cm³/mol. The number of hydrogen-bond acceptors (Lipinski definition) is 3. The van der Waals surface area contributed by atoms with E-state index in [4.69, 9.17) is 4.74 Å². The number of amides is 1. The molecular weight excluding hydrogens is 307 g/mol. The summed E-state index contributed by atoms with van der Waals surface area (Å²) in [7, 11) is 0. The van der Waals surface area contributed by atoms with E-state index in [0.29, 0.717) is 0 Å². The van der Waals surface area contributed by atoms with E-state index in [1.807, 2.05) is 24.3 Å². The minimum Gasteiger partial charge on any atom is -0.378 e. The molecule has 4 nitrogen and oxygen atoms in total. The van der Waals surface area contributed by atoms with Crippen molar-refractivity contribution < 1.29 is 13.9 Å². The van der Waals surface area contributed by atoms with Crippen LogP contribution in [0.4, 0.5) is 15.8 Å². The molecule has 0 saturated carbocycles. The van der Waals surface area contributed by atoms with Crippen LogP contribution in [0.15, 0.2) is 54.6 Å². The second kappa shape index (κ2) is 7.75. The van der Waals surface area contributed by atoms with Gasteiger partial charge in [-0.25, -0.2) is 4.39 Å². The van der Waals surface area contributed by atoms with Crippen molar-refractivity contribution in [1.29, 1.82) is 0 Å². The molecule has 124 valence electrons. The summed E-state index contributed by atoms with van der Waals surface area (Å²) in [6, 6.07) is 13.7. The molecule has 2 aromatic rings. The third kappa shape index (κ3) is 4.43. The van der Waals surface area contributed by atoms with E-state index in [-0.39, 0.29) is 11.7 Å². The lowest BCUT2D eigenvalue weighted by atomic mass is 10.2. The van der Waals surface area contributed by atoms with Crippen LogP contribution < -0.4 is 10.2 Å². The maximum Gasteiger partial charge on any atom is 0.248 e. The van der Waals surface area contributed by atoms with Crippen molar-refractivity contribution in [2.45, 2.75) is 0 Å². The zero-order valence-corrected chi connectivity index (χ0v) is 13.2. The molecule has 0 bridgehead atoms. The van der Waals surface area contributed by atoms with Gasteiger partial charge >= 0.3 is 0 Å². The summed E-state index contributed by atoms with van der Waals surface area (Å²) in [4.78, 5) is 14.2. The minimum absolute atomic E-state index is 0.224. The average Bonchev–Trinajstić information content (AvgIpc) is 2.63. The van der Waals surface area contributed by atoms with Crippen LogP contribution in [-0.2, 0) is 9.53 Å². The van der Waals surface area contributed by atoms with Gasteiger partial charge in [-0.15, -0.1) is 0 Å². The van der Waals surface area contributed by atoms with Gasteiger partial charge in [-0.2, -0.15) is 0 Å². The molecule has 1 aliphatic heterocycles. The Morgan fingerprint density at radius 3 is 2.38 bits per heavy atom. The number of rotatable bonds is 4. The topological polar surface area (TPSA) is 41.6 Å². The number of anilines is 2. The first-order valence-electron chi connectivity index (χ1n) is 7.88. The molecule has 3 rings (SSSR count). The highest BCUT2D eigenvalue weighted by molar-refractivity contribution is 6.02. The molecule has 0 spiro atoms. The van der Waals surface area contributed by atoms with Crippen molar-refractivity contribution in [3.05, 3.63) is 66.0 Å².